The van der Waals surface area contributed by atoms with Gasteiger partial charge in [0.2, 0.25) is 0 Å². The van der Waals surface area contributed by atoms with Gasteiger partial charge in [0.1, 0.15) is 12.4 Å². The van der Waals surface area contributed by atoms with E-state index in [9.17, 15) is 0 Å². The van der Waals surface area contributed by atoms with Gasteiger partial charge < -0.3 is 9.64 Å². The van der Waals surface area contributed by atoms with E-state index in [2.05, 4.69) is 58.1 Å². The Morgan fingerprint density at radius 2 is 1.79 bits per heavy atom. The predicted molar refractivity (Wildman–Crippen MR) is 103 cm³/mol. The predicted octanol–water partition coefficient (Wildman–Crippen LogP) is 5.30. The number of benzene rings is 2. The van der Waals surface area contributed by atoms with Gasteiger partial charge in [-0.2, -0.15) is 0 Å². The number of rotatable bonds is 6. The highest BCUT2D eigenvalue weighted by atomic mass is 79.9. The molecule has 0 unspecified atom stereocenters. The van der Waals surface area contributed by atoms with Crippen LogP contribution in [0.5, 0.6) is 5.75 Å². The fourth-order valence-electron chi connectivity index (χ4n) is 3.13. The maximum Gasteiger partial charge on any atom is 0.134 e. The molecular weight excluding hydrogens is 362 g/mol. The van der Waals surface area contributed by atoms with Gasteiger partial charge in [-0.1, -0.05) is 43.3 Å². The van der Waals surface area contributed by atoms with Gasteiger partial charge in [-0.3, -0.25) is 0 Å². The van der Waals surface area contributed by atoms with Crippen LogP contribution in [0.4, 0.5) is 0 Å². The summed E-state index contributed by atoms with van der Waals surface area (Å²) in [6.45, 7) is 6.62. The van der Waals surface area contributed by atoms with Gasteiger partial charge in [-0.15, -0.1) is 0 Å². The van der Waals surface area contributed by atoms with Gasteiger partial charge in [0.15, 0.2) is 0 Å². The summed E-state index contributed by atoms with van der Waals surface area (Å²) in [6, 6.07) is 16.8. The Bertz CT molecular complexity index is 636. The molecule has 0 N–H and O–H groups in total. The third-order valence-electron chi connectivity index (χ3n) is 4.83. The molecule has 24 heavy (non-hydrogen) atoms. The molecule has 0 saturated carbocycles. The molecule has 2 aromatic carbocycles. The zero-order valence-corrected chi connectivity index (χ0v) is 16.0. The molecule has 0 bridgehead atoms. The molecule has 0 spiro atoms. The van der Waals surface area contributed by atoms with Gasteiger partial charge in [0, 0.05) is 6.54 Å². The van der Waals surface area contributed by atoms with Crippen molar-refractivity contribution in [3.63, 3.8) is 0 Å². The van der Waals surface area contributed by atoms with Crippen molar-refractivity contribution >= 4 is 15.9 Å². The highest BCUT2D eigenvalue weighted by molar-refractivity contribution is 9.10. The minimum atomic E-state index is 0.602. The van der Waals surface area contributed by atoms with Gasteiger partial charge in [0.25, 0.3) is 0 Å². The van der Waals surface area contributed by atoms with Crippen molar-refractivity contribution in [3.05, 3.63) is 64.1 Å². The number of likely N-dealkylation sites (tertiary alicyclic amines) is 1. The first kappa shape index (κ1) is 17.5. The fraction of sp³-hybridized carbons (Fsp3) is 0.429. The molecule has 3 rings (SSSR count). The van der Waals surface area contributed by atoms with Crippen molar-refractivity contribution in [1.82, 2.24) is 4.90 Å². The first-order chi connectivity index (χ1) is 11.7. The Morgan fingerprint density at radius 1 is 1.04 bits per heavy atom. The van der Waals surface area contributed by atoms with Gasteiger partial charge in [-0.25, -0.2) is 0 Å². The van der Waals surface area contributed by atoms with Crippen LogP contribution in [0.2, 0.25) is 0 Å². The van der Waals surface area contributed by atoms with Crippen LogP contribution in [0, 0.1) is 5.92 Å². The SMILES string of the molecule is CC1CCN(CCc2ccc(OCc3ccccc3)c(Br)c2)CC1. The molecule has 2 nitrogen and oxygen atoms in total. The van der Waals surface area contributed by atoms with Crippen molar-refractivity contribution < 1.29 is 4.74 Å². The van der Waals surface area contributed by atoms with E-state index in [0.29, 0.717) is 6.61 Å². The topological polar surface area (TPSA) is 12.5 Å². The Hall–Kier alpha value is -1.32. The Labute approximate surface area is 154 Å². The number of piperidine rings is 1. The van der Waals surface area contributed by atoms with E-state index in [0.717, 1.165) is 29.1 Å². The highest BCUT2D eigenvalue weighted by Crippen LogP contribution is 2.27. The Morgan fingerprint density at radius 3 is 2.50 bits per heavy atom. The number of ether oxygens (including phenoxy) is 1. The summed E-state index contributed by atoms with van der Waals surface area (Å²) >= 11 is 3.66. The lowest BCUT2D eigenvalue weighted by atomic mass is 9.99. The summed E-state index contributed by atoms with van der Waals surface area (Å²) in [5.74, 6) is 1.81. The Kier molecular flexibility index (Phi) is 6.33. The van der Waals surface area contributed by atoms with E-state index >= 15 is 0 Å². The maximum absolute atomic E-state index is 5.93. The Balaban J connectivity index is 1.50. The van der Waals surface area contributed by atoms with E-state index in [1.165, 1.54) is 37.1 Å². The molecule has 0 atom stereocenters. The molecule has 3 heteroatoms. The molecule has 0 aromatic heterocycles. The maximum atomic E-state index is 5.93. The van der Waals surface area contributed by atoms with E-state index in [-0.39, 0.29) is 0 Å². The van der Waals surface area contributed by atoms with Crippen LogP contribution in [-0.4, -0.2) is 24.5 Å². The quantitative estimate of drug-likeness (QED) is 0.666. The molecule has 1 fully saturated rings. The van der Waals surface area contributed by atoms with Crippen LogP contribution in [-0.2, 0) is 13.0 Å². The molecular formula is C21H26BrNO. The molecule has 1 heterocycles. The zero-order chi connectivity index (χ0) is 16.8. The minimum Gasteiger partial charge on any atom is -0.488 e. The summed E-state index contributed by atoms with van der Waals surface area (Å²) in [5, 5.41) is 0. The highest BCUT2D eigenvalue weighted by Gasteiger charge is 2.15. The van der Waals surface area contributed by atoms with Gasteiger partial charge in [0.05, 0.1) is 4.47 Å². The second-order valence-corrected chi connectivity index (χ2v) is 7.67. The second kappa shape index (κ2) is 8.68. The summed E-state index contributed by atoms with van der Waals surface area (Å²) in [7, 11) is 0. The van der Waals surface area contributed by atoms with Crippen LogP contribution < -0.4 is 4.74 Å². The van der Waals surface area contributed by atoms with Crippen molar-refractivity contribution in [1.29, 1.82) is 0 Å². The fourth-order valence-corrected chi connectivity index (χ4v) is 3.67. The zero-order valence-electron chi connectivity index (χ0n) is 14.4. The lowest BCUT2D eigenvalue weighted by Gasteiger charge is -2.30. The number of hydrogen-bond donors (Lipinski definition) is 0. The van der Waals surface area contributed by atoms with Crippen LogP contribution >= 0.6 is 15.9 Å². The van der Waals surface area contributed by atoms with Crippen molar-refractivity contribution in [2.75, 3.05) is 19.6 Å². The van der Waals surface area contributed by atoms with Crippen molar-refractivity contribution in [3.8, 4) is 5.75 Å². The normalized spacial score (nSPS) is 16.2. The molecule has 1 saturated heterocycles. The lowest BCUT2D eigenvalue weighted by molar-refractivity contribution is 0.194. The molecule has 1 aliphatic rings. The summed E-state index contributed by atoms with van der Waals surface area (Å²) in [4.78, 5) is 2.59. The van der Waals surface area contributed by atoms with E-state index in [1.807, 2.05) is 18.2 Å². The monoisotopic (exact) mass is 387 g/mol. The largest absolute Gasteiger partial charge is 0.488 e. The third kappa shape index (κ3) is 5.09. The van der Waals surface area contributed by atoms with Gasteiger partial charge >= 0.3 is 0 Å². The summed E-state index contributed by atoms with van der Waals surface area (Å²) < 4.78 is 6.97. The molecule has 2 aromatic rings. The summed E-state index contributed by atoms with van der Waals surface area (Å²) in [5.41, 5.74) is 2.56. The molecule has 0 amide bonds. The average Bonchev–Trinajstić information content (AvgIpc) is 2.61. The molecule has 128 valence electrons. The number of hydrogen-bond acceptors (Lipinski definition) is 2. The van der Waals surface area contributed by atoms with Crippen LogP contribution in [0.15, 0.2) is 53.0 Å². The van der Waals surface area contributed by atoms with E-state index < -0.39 is 0 Å². The van der Waals surface area contributed by atoms with Crippen molar-refractivity contribution in [2.45, 2.75) is 32.8 Å². The van der Waals surface area contributed by atoms with Crippen LogP contribution in [0.3, 0.4) is 0 Å². The number of halogens is 1. The lowest BCUT2D eigenvalue weighted by Crippen LogP contribution is -2.34. The first-order valence-corrected chi connectivity index (χ1v) is 9.67. The average molecular weight is 388 g/mol. The molecule has 0 aliphatic carbocycles. The van der Waals surface area contributed by atoms with Gasteiger partial charge in [-0.05, 0) is 77.5 Å². The number of nitrogens with zero attached hydrogens (tertiary/aromatic N) is 1. The minimum absolute atomic E-state index is 0.602. The molecule has 1 aliphatic heterocycles. The van der Waals surface area contributed by atoms with E-state index in [4.69, 9.17) is 4.74 Å². The smallest absolute Gasteiger partial charge is 0.134 e. The third-order valence-corrected chi connectivity index (χ3v) is 5.45. The molecule has 0 radical (unpaired) electrons. The second-order valence-electron chi connectivity index (χ2n) is 6.81. The van der Waals surface area contributed by atoms with Crippen LogP contribution in [0.1, 0.15) is 30.9 Å². The summed E-state index contributed by atoms with van der Waals surface area (Å²) in [6.07, 6.45) is 3.79. The van der Waals surface area contributed by atoms with Crippen molar-refractivity contribution in [2.24, 2.45) is 5.92 Å². The first-order valence-electron chi connectivity index (χ1n) is 8.88. The standard InChI is InChI=1S/C21H26BrNO/c1-17-9-12-23(13-10-17)14-11-18-7-8-21(20(22)15-18)24-16-19-5-3-2-4-6-19/h2-8,15,17H,9-14,16H2,1H3. The van der Waals surface area contributed by atoms with E-state index in [1.54, 1.807) is 0 Å². The van der Waals surface area contributed by atoms with Crippen LogP contribution in [0.25, 0.3) is 0 Å².